The van der Waals surface area contributed by atoms with Crippen LogP contribution < -0.4 is 0 Å². The predicted octanol–water partition coefficient (Wildman–Crippen LogP) is 0.637. The summed E-state index contributed by atoms with van der Waals surface area (Å²) in [5.41, 5.74) is 0. The molecule has 80 valence electrons. The lowest BCUT2D eigenvalue weighted by Crippen LogP contribution is -2.37. The second kappa shape index (κ2) is 6.77. The first kappa shape index (κ1) is 11.4. The molecule has 0 atom stereocenters. The highest BCUT2D eigenvalue weighted by molar-refractivity contribution is 4.80. The van der Waals surface area contributed by atoms with Crippen LogP contribution in [0.1, 0.15) is 12.8 Å². The van der Waals surface area contributed by atoms with Crippen LogP contribution in [0, 0.1) is 11.3 Å². The number of nitrogens with zero attached hydrogens (tertiary/aromatic N) is 2. The minimum atomic E-state index is 0.361. The minimum Gasteiger partial charge on any atom is -0.382 e. The maximum absolute atomic E-state index is 8.52. The second-order valence-electron chi connectivity index (χ2n) is 3.50. The normalized spacial score (nSPS) is 19.4. The Kier molecular flexibility index (Phi) is 5.53. The van der Waals surface area contributed by atoms with Crippen molar-refractivity contribution in [3.8, 4) is 6.07 Å². The molecule has 1 fully saturated rings. The molecule has 0 aromatic rings. The molecule has 1 aliphatic rings. The molecule has 0 bridgehead atoms. The van der Waals surface area contributed by atoms with Crippen molar-refractivity contribution in [3.05, 3.63) is 0 Å². The van der Waals surface area contributed by atoms with Crippen LogP contribution in [-0.2, 0) is 9.47 Å². The number of rotatable bonds is 5. The number of piperidine rings is 1. The molecule has 4 heteroatoms. The van der Waals surface area contributed by atoms with Gasteiger partial charge in [-0.25, -0.2) is 0 Å². The molecule has 0 aromatic heterocycles. The zero-order valence-corrected chi connectivity index (χ0v) is 8.74. The lowest BCUT2D eigenvalue weighted by molar-refractivity contribution is -0.0128. The Morgan fingerprint density at radius 2 is 2.07 bits per heavy atom. The van der Waals surface area contributed by atoms with Gasteiger partial charge in [-0.05, 0) is 12.8 Å². The summed E-state index contributed by atoms with van der Waals surface area (Å²) in [6.07, 6.45) is 2.43. The lowest BCUT2D eigenvalue weighted by atomic mass is 10.1. The summed E-state index contributed by atoms with van der Waals surface area (Å²) in [4.78, 5) is 2.16. The molecule has 0 unspecified atom stereocenters. The zero-order chi connectivity index (χ0) is 10.2. The van der Waals surface area contributed by atoms with Gasteiger partial charge in [0.25, 0.3) is 0 Å². The molecule has 0 aliphatic carbocycles. The third-order valence-corrected chi connectivity index (χ3v) is 2.47. The largest absolute Gasteiger partial charge is 0.382 e. The summed E-state index contributed by atoms with van der Waals surface area (Å²) in [7, 11) is 1.68. The lowest BCUT2D eigenvalue weighted by Gasteiger charge is -2.30. The number of ether oxygens (including phenoxy) is 2. The highest BCUT2D eigenvalue weighted by atomic mass is 16.5. The average molecular weight is 198 g/mol. The quantitative estimate of drug-likeness (QED) is 0.480. The molecule has 14 heavy (non-hydrogen) atoms. The summed E-state index contributed by atoms with van der Waals surface area (Å²) in [6.45, 7) is 3.85. The van der Waals surface area contributed by atoms with E-state index in [0.717, 1.165) is 25.9 Å². The van der Waals surface area contributed by atoms with Crippen molar-refractivity contribution in [2.24, 2.45) is 0 Å². The fraction of sp³-hybridized carbons (Fsp3) is 0.900. The standard InChI is InChI=1S/C10H18N2O2/c1-13-8-9-14-10-2-5-12(6-3-10)7-4-11/h10H,2-3,5-9H2,1H3. The Balaban J connectivity index is 2.07. The monoisotopic (exact) mass is 198 g/mol. The highest BCUT2D eigenvalue weighted by Gasteiger charge is 2.18. The van der Waals surface area contributed by atoms with Crippen LogP contribution in [0.4, 0.5) is 0 Å². The van der Waals surface area contributed by atoms with Gasteiger partial charge in [0.05, 0.1) is 31.9 Å². The van der Waals surface area contributed by atoms with Crippen LogP contribution in [0.3, 0.4) is 0 Å². The fourth-order valence-electron chi connectivity index (χ4n) is 1.63. The number of nitriles is 1. The Morgan fingerprint density at radius 3 is 2.64 bits per heavy atom. The average Bonchev–Trinajstić information content (AvgIpc) is 2.21. The Morgan fingerprint density at radius 1 is 1.36 bits per heavy atom. The van der Waals surface area contributed by atoms with Crippen LogP contribution in [0.15, 0.2) is 0 Å². The first-order chi connectivity index (χ1) is 6.86. The number of hydrogen-bond donors (Lipinski definition) is 0. The number of methoxy groups -OCH3 is 1. The van der Waals surface area contributed by atoms with E-state index in [-0.39, 0.29) is 0 Å². The fourth-order valence-corrected chi connectivity index (χ4v) is 1.63. The van der Waals surface area contributed by atoms with Crippen molar-refractivity contribution < 1.29 is 9.47 Å². The van der Waals surface area contributed by atoms with Crippen LogP contribution in [0.5, 0.6) is 0 Å². The molecule has 0 saturated carbocycles. The molecule has 0 amide bonds. The van der Waals surface area contributed by atoms with Crippen LogP contribution in [0.2, 0.25) is 0 Å². The van der Waals surface area contributed by atoms with Gasteiger partial charge in [0.15, 0.2) is 0 Å². The van der Waals surface area contributed by atoms with Crippen LogP contribution in [-0.4, -0.2) is 51.0 Å². The molecule has 1 saturated heterocycles. The maximum Gasteiger partial charge on any atom is 0.0866 e. The van der Waals surface area contributed by atoms with E-state index in [4.69, 9.17) is 14.7 Å². The van der Waals surface area contributed by atoms with Crippen molar-refractivity contribution in [2.75, 3.05) is 40.0 Å². The van der Waals surface area contributed by atoms with Gasteiger partial charge in [-0.15, -0.1) is 0 Å². The summed E-state index contributed by atoms with van der Waals surface area (Å²) in [5, 5.41) is 8.52. The third-order valence-electron chi connectivity index (χ3n) is 2.47. The van der Waals surface area contributed by atoms with E-state index >= 15 is 0 Å². The van der Waals surface area contributed by atoms with Gasteiger partial charge in [-0.1, -0.05) is 0 Å². The molecule has 1 heterocycles. The first-order valence-electron chi connectivity index (χ1n) is 5.06. The Hall–Kier alpha value is -0.630. The predicted molar refractivity (Wildman–Crippen MR) is 52.9 cm³/mol. The topological polar surface area (TPSA) is 45.5 Å². The van der Waals surface area contributed by atoms with E-state index in [0.29, 0.717) is 25.9 Å². The van der Waals surface area contributed by atoms with E-state index in [9.17, 15) is 0 Å². The molecule has 4 nitrogen and oxygen atoms in total. The van der Waals surface area contributed by atoms with Gasteiger partial charge >= 0.3 is 0 Å². The van der Waals surface area contributed by atoms with E-state index in [1.54, 1.807) is 7.11 Å². The van der Waals surface area contributed by atoms with Gasteiger partial charge < -0.3 is 9.47 Å². The summed E-state index contributed by atoms with van der Waals surface area (Å²) >= 11 is 0. The SMILES string of the molecule is COCCOC1CCN(CC#N)CC1. The molecule has 1 rings (SSSR count). The molecule has 0 radical (unpaired) electrons. The van der Waals surface area contributed by atoms with Gasteiger partial charge in [0.1, 0.15) is 0 Å². The third kappa shape index (κ3) is 4.05. The van der Waals surface area contributed by atoms with E-state index < -0.39 is 0 Å². The smallest absolute Gasteiger partial charge is 0.0866 e. The maximum atomic E-state index is 8.52. The van der Waals surface area contributed by atoms with Gasteiger partial charge in [-0.2, -0.15) is 5.26 Å². The van der Waals surface area contributed by atoms with Gasteiger partial charge in [-0.3, -0.25) is 4.90 Å². The van der Waals surface area contributed by atoms with E-state index in [1.807, 2.05) is 0 Å². The molecule has 1 aliphatic heterocycles. The van der Waals surface area contributed by atoms with Crippen molar-refractivity contribution >= 4 is 0 Å². The molecule has 0 N–H and O–H groups in total. The van der Waals surface area contributed by atoms with Gasteiger partial charge in [0.2, 0.25) is 0 Å². The summed E-state index contributed by atoms with van der Waals surface area (Å²) in [5.74, 6) is 0. The molecule has 0 spiro atoms. The number of likely N-dealkylation sites (tertiary alicyclic amines) is 1. The first-order valence-corrected chi connectivity index (χ1v) is 5.06. The second-order valence-corrected chi connectivity index (χ2v) is 3.50. The molecule has 0 aromatic carbocycles. The van der Waals surface area contributed by atoms with Crippen molar-refractivity contribution in [2.45, 2.75) is 18.9 Å². The Labute approximate surface area is 85.4 Å². The highest BCUT2D eigenvalue weighted by Crippen LogP contribution is 2.12. The molecular formula is C10H18N2O2. The van der Waals surface area contributed by atoms with Gasteiger partial charge in [0, 0.05) is 20.2 Å². The van der Waals surface area contributed by atoms with Crippen LogP contribution in [0.25, 0.3) is 0 Å². The van der Waals surface area contributed by atoms with Crippen molar-refractivity contribution in [1.82, 2.24) is 4.90 Å². The number of hydrogen-bond acceptors (Lipinski definition) is 4. The van der Waals surface area contributed by atoms with Crippen molar-refractivity contribution in [1.29, 1.82) is 5.26 Å². The molecular weight excluding hydrogens is 180 g/mol. The van der Waals surface area contributed by atoms with Crippen molar-refractivity contribution in [3.63, 3.8) is 0 Å². The minimum absolute atomic E-state index is 0.361. The van der Waals surface area contributed by atoms with Crippen LogP contribution >= 0.6 is 0 Å². The summed E-state index contributed by atoms with van der Waals surface area (Å²) < 4.78 is 10.5. The summed E-state index contributed by atoms with van der Waals surface area (Å²) in [6, 6.07) is 2.17. The Bertz CT molecular complexity index is 183. The van der Waals surface area contributed by atoms with E-state index in [2.05, 4.69) is 11.0 Å². The van der Waals surface area contributed by atoms with E-state index in [1.165, 1.54) is 0 Å². The zero-order valence-electron chi connectivity index (χ0n) is 8.74.